The Morgan fingerprint density at radius 3 is 2.44 bits per heavy atom. The first-order valence-corrected chi connectivity index (χ1v) is 11.1. The largest absolute Gasteiger partial charge is 0.308 e. The zero-order chi connectivity index (χ0) is 22.7. The zero-order valence-corrected chi connectivity index (χ0v) is 18.9. The van der Waals surface area contributed by atoms with Crippen LogP contribution in [0.3, 0.4) is 0 Å². The highest BCUT2D eigenvalue weighted by Gasteiger charge is 2.22. The topological polar surface area (TPSA) is 39.1 Å². The first-order valence-electron chi connectivity index (χ1n) is 10.7. The fourth-order valence-corrected chi connectivity index (χ4v) is 4.20. The molecular weight excluding hydrogens is 418 g/mol. The van der Waals surface area contributed by atoms with Gasteiger partial charge in [0.1, 0.15) is 0 Å². The Morgan fingerprint density at radius 1 is 1.00 bits per heavy atom. The number of carbonyl (C=O) groups excluding carboxylic acids is 1. The number of allylic oxidation sites excluding steroid dienone is 1. The number of nitrogens with zero attached hydrogens (tertiary/aromatic N) is 1. The van der Waals surface area contributed by atoms with Crippen molar-refractivity contribution in [1.82, 2.24) is 4.57 Å². The number of aromatic nitrogens is 1. The average molecular weight is 442 g/mol. The molecular formula is C28H24ClNO2. The van der Waals surface area contributed by atoms with Gasteiger partial charge >= 0.3 is 0 Å². The van der Waals surface area contributed by atoms with Crippen molar-refractivity contribution in [3.63, 3.8) is 0 Å². The maximum Gasteiger partial charge on any atom is 0.262 e. The van der Waals surface area contributed by atoms with Crippen molar-refractivity contribution in [2.75, 3.05) is 0 Å². The van der Waals surface area contributed by atoms with Crippen LogP contribution < -0.4 is 5.56 Å². The van der Waals surface area contributed by atoms with E-state index in [4.69, 9.17) is 11.6 Å². The summed E-state index contributed by atoms with van der Waals surface area (Å²) in [5.74, 6) is -0.316. The van der Waals surface area contributed by atoms with Gasteiger partial charge in [-0.2, -0.15) is 0 Å². The van der Waals surface area contributed by atoms with E-state index in [1.165, 1.54) is 6.08 Å². The summed E-state index contributed by atoms with van der Waals surface area (Å²) < 4.78 is 1.69. The zero-order valence-electron chi connectivity index (χ0n) is 18.1. The molecule has 3 aromatic carbocycles. The third kappa shape index (κ3) is 4.17. The second kappa shape index (κ2) is 9.37. The highest BCUT2D eigenvalue weighted by molar-refractivity contribution is 6.31. The molecule has 1 aromatic heterocycles. The first-order chi connectivity index (χ1) is 15.5. The van der Waals surface area contributed by atoms with E-state index in [9.17, 15) is 9.59 Å². The van der Waals surface area contributed by atoms with Gasteiger partial charge < -0.3 is 4.57 Å². The van der Waals surface area contributed by atoms with Crippen molar-refractivity contribution in [3.8, 4) is 11.1 Å². The number of hydrogen-bond donors (Lipinski definition) is 0. The lowest BCUT2D eigenvalue weighted by molar-refractivity contribution is 0.104. The summed E-state index contributed by atoms with van der Waals surface area (Å²) >= 11 is 6.35. The number of benzene rings is 3. The number of halogens is 1. The molecule has 0 N–H and O–H groups in total. The van der Waals surface area contributed by atoms with Gasteiger partial charge in [-0.1, -0.05) is 79.2 Å². The van der Waals surface area contributed by atoms with Crippen LogP contribution in [0.15, 0.2) is 83.7 Å². The summed E-state index contributed by atoms with van der Waals surface area (Å²) in [6.45, 7) is 4.53. The standard InChI is InChI=1S/C28H24ClNO2/c1-3-17-30-24-15-14-22(29)18-23(24)26(21-11-5-4-6-12-21)27(28(30)32)25(31)16-13-20-10-8-7-9-19(20)2/h4-16,18H,3,17H2,1-2H3/b16-13+. The van der Waals surface area contributed by atoms with E-state index in [1.54, 1.807) is 16.7 Å². The van der Waals surface area contributed by atoms with Gasteiger partial charge in [0.25, 0.3) is 5.56 Å². The fraction of sp³-hybridized carbons (Fsp3) is 0.143. The fourth-order valence-electron chi connectivity index (χ4n) is 4.03. The van der Waals surface area contributed by atoms with Crippen LogP contribution in [-0.4, -0.2) is 10.4 Å². The second-order valence-corrected chi connectivity index (χ2v) is 8.22. The molecule has 3 nitrogen and oxygen atoms in total. The summed E-state index contributed by atoms with van der Waals surface area (Å²) in [5.41, 5.74) is 4.12. The molecule has 0 aliphatic carbocycles. The maximum atomic E-state index is 13.6. The maximum absolute atomic E-state index is 13.6. The third-order valence-corrected chi connectivity index (χ3v) is 5.82. The molecule has 0 atom stereocenters. The van der Waals surface area contributed by atoms with Crippen LogP contribution in [0.2, 0.25) is 5.02 Å². The van der Waals surface area contributed by atoms with Gasteiger partial charge in [-0.3, -0.25) is 9.59 Å². The normalized spacial score (nSPS) is 11.3. The minimum Gasteiger partial charge on any atom is -0.308 e. The Morgan fingerprint density at radius 2 is 1.72 bits per heavy atom. The SMILES string of the molecule is CCCn1c(=O)c(C(=O)/C=C/c2ccccc2C)c(-c2ccccc2)c2cc(Cl)ccc21. The van der Waals surface area contributed by atoms with E-state index >= 15 is 0 Å². The van der Waals surface area contributed by atoms with Crippen LogP contribution in [0.25, 0.3) is 28.1 Å². The highest BCUT2D eigenvalue weighted by Crippen LogP contribution is 2.33. The Bertz CT molecular complexity index is 1380. The smallest absolute Gasteiger partial charge is 0.262 e. The van der Waals surface area contributed by atoms with Crippen LogP contribution >= 0.6 is 11.6 Å². The molecule has 0 fully saturated rings. The Kier molecular flexibility index (Phi) is 6.38. The van der Waals surface area contributed by atoms with Gasteiger partial charge in [0.05, 0.1) is 11.1 Å². The molecule has 0 amide bonds. The van der Waals surface area contributed by atoms with E-state index < -0.39 is 0 Å². The van der Waals surface area contributed by atoms with Crippen molar-refractivity contribution in [2.45, 2.75) is 26.8 Å². The van der Waals surface area contributed by atoms with Crippen LogP contribution in [0.1, 0.15) is 34.8 Å². The van der Waals surface area contributed by atoms with E-state index in [0.29, 0.717) is 17.1 Å². The molecule has 4 aromatic rings. The molecule has 0 radical (unpaired) electrons. The summed E-state index contributed by atoms with van der Waals surface area (Å²) in [5, 5.41) is 1.36. The van der Waals surface area contributed by atoms with Crippen LogP contribution in [-0.2, 0) is 6.54 Å². The molecule has 1 heterocycles. The number of pyridine rings is 1. The van der Waals surface area contributed by atoms with E-state index in [2.05, 4.69) is 0 Å². The number of aryl methyl sites for hydroxylation is 2. The Balaban J connectivity index is 2.02. The van der Waals surface area contributed by atoms with Gasteiger partial charge in [-0.25, -0.2) is 0 Å². The Hall–Kier alpha value is -3.43. The van der Waals surface area contributed by atoms with E-state index in [-0.39, 0.29) is 16.9 Å². The van der Waals surface area contributed by atoms with Crippen molar-refractivity contribution in [3.05, 3.63) is 111 Å². The molecule has 0 aliphatic heterocycles. The highest BCUT2D eigenvalue weighted by atomic mass is 35.5. The number of fused-ring (bicyclic) bond motifs is 1. The lowest BCUT2D eigenvalue weighted by Gasteiger charge is -2.17. The van der Waals surface area contributed by atoms with Crippen molar-refractivity contribution >= 4 is 34.4 Å². The molecule has 0 unspecified atom stereocenters. The van der Waals surface area contributed by atoms with Crippen molar-refractivity contribution in [2.24, 2.45) is 0 Å². The summed E-state index contributed by atoms with van der Waals surface area (Å²) in [7, 11) is 0. The van der Waals surface area contributed by atoms with Crippen LogP contribution in [0.4, 0.5) is 0 Å². The number of hydrogen-bond acceptors (Lipinski definition) is 2. The molecule has 0 spiro atoms. The van der Waals surface area contributed by atoms with Crippen LogP contribution in [0.5, 0.6) is 0 Å². The van der Waals surface area contributed by atoms with Crippen molar-refractivity contribution in [1.29, 1.82) is 0 Å². The summed E-state index contributed by atoms with van der Waals surface area (Å²) in [6, 6.07) is 22.9. The first kappa shape index (κ1) is 21.8. The number of rotatable bonds is 6. The quantitative estimate of drug-likeness (QED) is 0.240. The molecule has 0 saturated heterocycles. The predicted octanol–water partition coefficient (Wildman–Crippen LogP) is 6.94. The lowest BCUT2D eigenvalue weighted by Crippen LogP contribution is -2.27. The number of carbonyl (C=O) groups is 1. The molecule has 0 bridgehead atoms. The third-order valence-electron chi connectivity index (χ3n) is 5.59. The van der Waals surface area contributed by atoms with Crippen LogP contribution in [0, 0.1) is 6.92 Å². The van der Waals surface area contributed by atoms with Gasteiger partial charge in [-0.05, 0) is 54.3 Å². The molecule has 4 rings (SSSR count). The molecule has 32 heavy (non-hydrogen) atoms. The second-order valence-electron chi connectivity index (χ2n) is 7.79. The predicted molar refractivity (Wildman–Crippen MR) is 133 cm³/mol. The van der Waals surface area contributed by atoms with Gasteiger partial charge in [-0.15, -0.1) is 0 Å². The summed E-state index contributed by atoms with van der Waals surface area (Å²) in [6.07, 6.45) is 4.05. The number of ketones is 1. The molecule has 0 aliphatic rings. The van der Waals surface area contributed by atoms with Gasteiger partial charge in [0.2, 0.25) is 0 Å². The van der Waals surface area contributed by atoms with E-state index in [1.807, 2.05) is 80.6 Å². The van der Waals surface area contributed by atoms with E-state index in [0.717, 1.165) is 34.0 Å². The minimum atomic E-state index is -0.316. The Labute approximate surface area is 192 Å². The molecule has 160 valence electrons. The molecule has 0 saturated carbocycles. The van der Waals surface area contributed by atoms with Gasteiger partial charge in [0.15, 0.2) is 5.78 Å². The monoisotopic (exact) mass is 441 g/mol. The van der Waals surface area contributed by atoms with Crippen molar-refractivity contribution < 1.29 is 4.79 Å². The molecule has 4 heteroatoms. The summed E-state index contributed by atoms with van der Waals surface area (Å²) in [4.78, 5) is 27.1. The van der Waals surface area contributed by atoms with Gasteiger partial charge in [0, 0.05) is 22.5 Å². The average Bonchev–Trinajstić information content (AvgIpc) is 2.80. The lowest BCUT2D eigenvalue weighted by atomic mass is 9.93. The minimum absolute atomic E-state index is 0.171.